The second-order valence-electron chi connectivity index (χ2n) is 8.79. The molecule has 0 unspecified atom stereocenters. The highest BCUT2D eigenvalue weighted by molar-refractivity contribution is 5.77. The number of ether oxygens (including phenoxy) is 2. The van der Waals surface area contributed by atoms with Gasteiger partial charge in [-0.3, -0.25) is 0 Å². The molecule has 0 saturated carbocycles. The summed E-state index contributed by atoms with van der Waals surface area (Å²) in [6, 6.07) is 14.6. The fourth-order valence-electron chi connectivity index (χ4n) is 5.47. The first-order valence-corrected chi connectivity index (χ1v) is 10.7. The smallest absolute Gasteiger partial charge is 0.157 e. The summed E-state index contributed by atoms with van der Waals surface area (Å²) < 4.78 is 9.89. The predicted octanol–water partition coefficient (Wildman–Crippen LogP) is 3.88. The number of hydrogen-bond donors (Lipinski definition) is 4. The molecule has 4 aliphatic rings. The van der Waals surface area contributed by atoms with Crippen LogP contribution in [0.15, 0.2) is 48.5 Å². The number of phenols is 4. The Morgan fingerprint density at radius 2 is 0.812 bits per heavy atom. The third-order valence-electron chi connectivity index (χ3n) is 7.13. The Hall–Kier alpha value is -3.22. The van der Waals surface area contributed by atoms with Crippen LogP contribution in [0.25, 0.3) is 0 Å². The zero-order valence-corrected chi connectivity index (χ0v) is 18.1. The van der Waals surface area contributed by atoms with Gasteiger partial charge in [-0.25, -0.2) is 0 Å². The van der Waals surface area contributed by atoms with Crippen molar-refractivity contribution in [2.75, 3.05) is 26.4 Å². The van der Waals surface area contributed by atoms with Crippen LogP contribution in [-0.4, -0.2) is 46.9 Å². The van der Waals surface area contributed by atoms with Crippen LogP contribution in [0.3, 0.4) is 0 Å². The van der Waals surface area contributed by atoms with Gasteiger partial charge in [-0.1, -0.05) is 24.3 Å². The molecule has 4 N–H and O–H groups in total. The van der Waals surface area contributed by atoms with Crippen molar-refractivity contribution < 1.29 is 29.9 Å². The van der Waals surface area contributed by atoms with E-state index in [9.17, 15) is 20.4 Å². The van der Waals surface area contributed by atoms with E-state index in [1.807, 2.05) is 12.1 Å². The summed E-state index contributed by atoms with van der Waals surface area (Å²) in [4.78, 5) is 0. The Kier molecular flexibility index (Phi) is 4.62. The maximum atomic E-state index is 10.2. The molecule has 6 nitrogen and oxygen atoms in total. The number of rotatable bonds is 0. The van der Waals surface area contributed by atoms with Crippen LogP contribution >= 0.6 is 0 Å². The van der Waals surface area contributed by atoms with Crippen molar-refractivity contribution in [2.45, 2.75) is 24.7 Å². The molecule has 7 rings (SSSR count). The van der Waals surface area contributed by atoms with Gasteiger partial charge in [0.1, 0.15) is 0 Å². The number of aromatic hydroxyl groups is 4. The van der Waals surface area contributed by atoms with E-state index in [-0.39, 0.29) is 23.0 Å². The fraction of sp³-hybridized carbons (Fsp3) is 0.308. The molecule has 1 heterocycles. The SMILES string of the molecule is C1COCCO1.CC12c3ccccc3C(C)(c3cc(O)c(O)cc31)c1cc(O)c(O)cc12. The largest absolute Gasteiger partial charge is 0.504 e. The third-order valence-corrected chi connectivity index (χ3v) is 7.13. The van der Waals surface area contributed by atoms with E-state index in [1.165, 1.54) is 0 Å². The van der Waals surface area contributed by atoms with Crippen LogP contribution in [0, 0.1) is 0 Å². The number of phenolic OH excluding ortho intramolecular Hbond substituents is 4. The molecular weight excluding hydrogens is 408 g/mol. The van der Waals surface area contributed by atoms with Crippen molar-refractivity contribution in [2.24, 2.45) is 0 Å². The van der Waals surface area contributed by atoms with E-state index in [2.05, 4.69) is 26.0 Å². The molecule has 0 atom stereocenters. The Balaban J connectivity index is 0.000000314. The predicted molar refractivity (Wildman–Crippen MR) is 119 cm³/mol. The highest BCUT2D eigenvalue weighted by atomic mass is 16.6. The lowest BCUT2D eigenvalue weighted by Crippen LogP contribution is -2.48. The average Bonchev–Trinajstić information content (AvgIpc) is 2.81. The van der Waals surface area contributed by atoms with Gasteiger partial charge in [0.25, 0.3) is 0 Å². The molecule has 0 amide bonds. The lowest BCUT2D eigenvalue weighted by molar-refractivity contribution is -0.0334. The summed E-state index contributed by atoms with van der Waals surface area (Å²) in [6.07, 6.45) is 0. The minimum absolute atomic E-state index is 0.164. The highest BCUT2D eigenvalue weighted by Gasteiger charge is 2.55. The van der Waals surface area contributed by atoms with E-state index in [1.54, 1.807) is 24.3 Å². The van der Waals surface area contributed by atoms with Gasteiger partial charge in [0, 0.05) is 10.8 Å². The third kappa shape index (κ3) is 2.66. The molecule has 3 aromatic rings. The van der Waals surface area contributed by atoms with Gasteiger partial charge in [-0.2, -0.15) is 0 Å². The van der Waals surface area contributed by atoms with Crippen molar-refractivity contribution >= 4 is 0 Å². The summed E-state index contributed by atoms with van der Waals surface area (Å²) in [5.74, 6) is -0.655. The summed E-state index contributed by atoms with van der Waals surface area (Å²) >= 11 is 0. The van der Waals surface area contributed by atoms with Crippen molar-refractivity contribution in [3.8, 4) is 23.0 Å². The van der Waals surface area contributed by atoms with E-state index in [4.69, 9.17) is 9.47 Å². The van der Waals surface area contributed by atoms with Crippen molar-refractivity contribution in [1.29, 1.82) is 0 Å². The van der Waals surface area contributed by atoms with Crippen LogP contribution in [0.2, 0.25) is 0 Å². The lowest BCUT2D eigenvalue weighted by atomic mass is 9.48. The second-order valence-corrected chi connectivity index (χ2v) is 8.79. The van der Waals surface area contributed by atoms with E-state index >= 15 is 0 Å². The second kappa shape index (κ2) is 7.15. The quantitative estimate of drug-likeness (QED) is 0.401. The normalized spacial score (nSPS) is 24.6. The summed E-state index contributed by atoms with van der Waals surface area (Å²) in [6.45, 7) is 7.21. The molecule has 1 saturated heterocycles. The fourth-order valence-corrected chi connectivity index (χ4v) is 5.47. The van der Waals surface area contributed by atoms with Crippen molar-refractivity contribution in [3.63, 3.8) is 0 Å². The topological polar surface area (TPSA) is 99.4 Å². The van der Waals surface area contributed by atoms with E-state index in [0.29, 0.717) is 0 Å². The zero-order valence-electron chi connectivity index (χ0n) is 18.1. The zero-order chi connectivity index (χ0) is 22.7. The number of hydrogen-bond acceptors (Lipinski definition) is 6. The Labute approximate surface area is 186 Å². The Morgan fingerprint density at radius 3 is 1.06 bits per heavy atom. The molecule has 3 aliphatic carbocycles. The number of benzene rings is 3. The first-order chi connectivity index (χ1) is 15.3. The molecule has 6 heteroatoms. The molecule has 166 valence electrons. The van der Waals surface area contributed by atoms with Crippen LogP contribution in [0.5, 0.6) is 23.0 Å². The minimum Gasteiger partial charge on any atom is -0.504 e. The maximum absolute atomic E-state index is 10.2. The first kappa shape index (κ1) is 20.7. The Bertz CT molecular complexity index is 1050. The van der Waals surface area contributed by atoms with Crippen molar-refractivity contribution in [3.05, 3.63) is 81.9 Å². The summed E-state index contributed by atoms with van der Waals surface area (Å²) in [5, 5.41) is 40.6. The highest BCUT2D eigenvalue weighted by Crippen LogP contribution is 2.63. The average molecular weight is 434 g/mol. The minimum atomic E-state index is -0.616. The monoisotopic (exact) mass is 434 g/mol. The molecule has 0 aromatic heterocycles. The van der Waals surface area contributed by atoms with Gasteiger partial charge in [0.05, 0.1) is 26.4 Å². The lowest BCUT2D eigenvalue weighted by Gasteiger charge is -2.54. The Morgan fingerprint density at radius 1 is 0.531 bits per heavy atom. The molecule has 2 bridgehead atoms. The standard InChI is InChI=1S/C22H18O4.C4H8O2/c1-21-11-5-3-4-6-12(11)22(2,15-9-19(25)17(23)7-13(15)21)16-10-20(26)18(24)8-14(16)21;1-2-6-4-3-5-1/h3-10,23-26H,1-2H3;1-4H2. The van der Waals surface area contributed by atoms with Crippen LogP contribution in [-0.2, 0) is 20.3 Å². The van der Waals surface area contributed by atoms with Gasteiger partial charge in [-0.15, -0.1) is 0 Å². The van der Waals surface area contributed by atoms with E-state index < -0.39 is 10.8 Å². The van der Waals surface area contributed by atoms with Gasteiger partial charge >= 0.3 is 0 Å². The molecule has 0 radical (unpaired) electrons. The summed E-state index contributed by atoms with van der Waals surface area (Å²) in [7, 11) is 0. The molecule has 1 aliphatic heterocycles. The van der Waals surface area contributed by atoms with Crippen LogP contribution in [0.4, 0.5) is 0 Å². The molecule has 32 heavy (non-hydrogen) atoms. The molecule has 1 fully saturated rings. The first-order valence-electron chi connectivity index (χ1n) is 10.7. The summed E-state index contributed by atoms with van der Waals surface area (Å²) in [5.41, 5.74) is 4.54. The maximum Gasteiger partial charge on any atom is 0.157 e. The van der Waals surface area contributed by atoms with Crippen LogP contribution < -0.4 is 0 Å². The van der Waals surface area contributed by atoms with Crippen molar-refractivity contribution in [1.82, 2.24) is 0 Å². The van der Waals surface area contributed by atoms with Gasteiger partial charge in [0.15, 0.2) is 23.0 Å². The van der Waals surface area contributed by atoms with Gasteiger partial charge < -0.3 is 29.9 Å². The molecular formula is C26H26O6. The van der Waals surface area contributed by atoms with Gasteiger partial charge in [-0.05, 0) is 71.5 Å². The molecule has 3 aromatic carbocycles. The molecule has 0 spiro atoms. The van der Waals surface area contributed by atoms with Gasteiger partial charge in [0.2, 0.25) is 0 Å². The van der Waals surface area contributed by atoms with Crippen LogP contribution in [0.1, 0.15) is 47.2 Å². The van der Waals surface area contributed by atoms with E-state index in [0.717, 1.165) is 59.8 Å².